The van der Waals surface area contributed by atoms with Crippen LogP contribution in [0.15, 0.2) is 0 Å². The molecule has 42 valence electrons. The Kier molecular flexibility index (Phi) is 2.41. The van der Waals surface area contributed by atoms with Crippen molar-refractivity contribution in [2.24, 2.45) is 0 Å². The molecule has 0 aromatic rings. The molecule has 0 heterocycles. The van der Waals surface area contributed by atoms with Gasteiger partial charge in [0.05, 0.1) is 0 Å². The van der Waals surface area contributed by atoms with E-state index in [1.807, 2.05) is 20.8 Å². The van der Waals surface area contributed by atoms with Gasteiger partial charge < -0.3 is 0 Å². The van der Waals surface area contributed by atoms with Gasteiger partial charge in [-0.1, -0.05) is 0 Å². The maximum absolute atomic E-state index is 9.75. The highest BCUT2D eigenvalue weighted by molar-refractivity contribution is 7.17. The summed E-state index contributed by atoms with van der Waals surface area (Å²) < 4.78 is 14.5. The quantitative estimate of drug-likeness (QED) is 0.494. The smallest absolute Gasteiger partial charge is 0.142 e. The Morgan fingerprint density at radius 3 is 1.86 bits per heavy atom. The van der Waals surface area contributed by atoms with Crippen LogP contribution < -0.4 is 0 Å². The van der Waals surface area contributed by atoms with Crippen LogP contribution in [0.3, 0.4) is 0 Å². The number of rotatable bonds is 1. The fourth-order valence-corrected chi connectivity index (χ4v) is 0.375. The van der Waals surface area contributed by atoms with Crippen molar-refractivity contribution in [2.75, 3.05) is 0 Å². The summed E-state index contributed by atoms with van der Waals surface area (Å²) in [5.41, 5.74) is -0.250. The van der Waals surface area contributed by atoms with E-state index in [2.05, 4.69) is 0 Å². The molecule has 0 rings (SSSR count). The van der Waals surface area contributed by atoms with E-state index in [4.69, 9.17) is 4.52 Å². The lowest BCUT2D eigenvalue weighted by atomic mass is 10.2. The normalized spacial score (nSPS) is 12.4. The minimum absolute atomic E-state index is 0.250. The van der Waals surface area contributed by atoms with Crippen molar-refractivity contribution in [2.45, 2.75) is 26.4 Å². The summed E-state index contributed by atoms with van der Waals surface area (Å²) in [6, 6.07) is 0. The highest BCUT2D eigenvalue weighted by Crippen LogP contribution is 2.13. The minimum Gasteiger partial charge on any atom is -0.142 e. The fourth-order valence-electron chi connectivity index (χ4n) is 0.125. The Bertz CT molecular complexity index is 64.6. The summed E-state index contributed by atoms with van der Waals surface area (Å²) in [4.78, 5) is 0. The Morgan fingerprint density at radius 1 is 1.43 bits per heavy atom. The predicted molar refractivity (Wildman–Crippen MR) is 29.8 cm³/mol. The molecule has 7 heavy (non-hydrogen) atoms. The summed E-state index contributed by atoms with van der Waals surface area (Å²) in [6.07, 6.45) is 0. The van der Waals surface area contributed by atoms with Crippen molar-refractivity contribution in [3.63, 3.8) is 0 Å². The average molecular weight is 121 g/mol. The van der Waals surface area contributed by atoms with Crippen molar-refractivity contribution < 1.29 is 9.09 Å². The van der Waals surface area contributed by atoms with Gasteiger partial charge in [-0.2, -0.15) is 0 Å². The van der Waals surface area contributed by atoms with Gasteiger partial charge in [-0.15, -0.1) is 4.52 Å². The Balaban J connectivity index is 3.34. The number of hydrogen-bond donors (Lipinski definition) is 0. The van der Waals surface area contributed by atoms with Crippen molar-refractivity contribution in [3.05, 3.63) is 0 Å². The SMILES string of the molecule is CC(C)(C)O[PH+]=O. The van der Waals surface area contributed by atoms with E-state index < -0.39 is 8.69 Å². The maximum atomic E-state index is 9.75. The molecule has 2 nitrogen and oxygen atoms in total. The van der Waals surface area contributed by atoms with Gasteiger partial charge >= 0.3 is 8.69 Å². The van der Waals surface area contributed by atoms with Crippen LogP contribution >= 0.6 is 8.69 Å². The van der Waals surface area contributed by atoms with Crippen LogP contribution in [0.25, 0.3) is 0 Å². The molecule has 1 unspecified atom stereocenters. The van der Waals surface area contributed by atoms with Gasteiger partial charge in [0.15, 0.2) is 0 Å². The molecule has 3 heteroatoms. The van der Waals surface area contributed by atoms with Gasteiger partial charge in [0.1, 0.15) is 5.60 Å². The standard InChI is InChI=1S/C4H10O2P/c1-4(2,3)6-7-5/h7H,1-3H3/q+1. The molecular weight excluding hydrogens is 111 g/mol. The van der Waals surface area contributed by atoms with E-state index in [0.717, 1.165) is 0 Å². The van der Waals surface area contributed by atoms with Gasteiger partial charge in [-0.25, -0.2) is 0 Å². The first-order valence-electron chi connectivity index (χ1n) is 2.11. The third kappa shape index (κ3) is 6.06. The van der Waals surface area contributed by atoms with Gasteiger partial charge in [0.25, 0.3) is 0 Å². The van der Waals surface area contributed by atoms with E-state index in [1.165, 1.54) is 0 Å². The second-order valence-electron chi connectivity index (χ2n) is 2.30. The predicted octanol–water partition coefficient (Wildman–Crippen LogP) is 1.74. The molecule has 0 aromatic carbocycles. The average Bonchev–Trinajstić information content (AvgIpc) is 1.30. The lowest BCUT2D eigenvalue weighted by Crippen LogP contribution is -2.12. The molecular formula is C4H10O2P+. The van der Waals surface area contributed by atoms with E-state index >= 15 is 0 Å². The summed E-state index contributed by atoms with van der Waals surface area (Å²) in [5, 5.41) is 0. The van der Waals surface area contributed by atoms with Crippen molar-refractivity contribution in [1.29, 1.82) is 0 Å². The lowest BCUT2D eigenvalue weighted by molar-refractivity contribution is 0.151. The molecule has 0 N–H and O–H groups in total. The summed E-state index contributed by atoms with van der Waals surface area (Å²) >= 11 is 0. The molecule has 0 bridgehead atoms. The van der Waals surface area contributed by atoms with Crippen LogP contribution in [0, 0.1) is 0 Å². The van der Waals surface area contributed by atoms with Crippen LogP contribution in [-0.4, -0.2) is 5.60 Å². The summed E-state index contributed by atoms with van der Waals surface area (Å²) in [6.45, 7) is 5.58. The summed E-state index contributed by atoms with van der Waals surface area (Å²) in [5.74, 6) is 0. The van der Waals surface area contributed by atoms with Crippen LogP contribution in [0.2, 0.25) is 0 Å². The van der Waals surface area contributed by atoms with E-state index in [9.17, 15) is 4.57 Å². The first-order valence-corrected chi connectivity index (χ1v) is 2.93. The summed E-state index contributed by atoms with van der Waals surface area (Å²) in [7, 11) is -0.641. The molecule has 0 radical (unpaired) electrons. The Morgan fingerprint density at radius 2 is 1.86 bits per heavy atom. The highest BCUT2D eigenvalue weighted by Gasteiger charge is 2.14. The zero-order valence-corrected chi connectivity index (χ0v) is 5.82. The molecule has 0 saturated carbocycles. The van der Waals surface area contributed by atoms with Crippen LogP contribution in [0.4, 0.5) is 0 Å². The van der Waals surface area contributed by atoms with Gasteiger partial charge in [0, 0.05) is 0 Å². The Hall–Kier alpha value is 0.0600. The minimum atomic E-state index is -0.641. The van der Waals surface area contributed by atoms with Crippen molar-refractivity contribution in [1.82, 2.24) is 0 Å². The topological polar surface area (TPSA) is 26.3 Å². The second kappa shape index (κ2) is 2.39. The van der Waals surface area contributed by atoms with Crippen LogP contribution in [-0.2, 0) is 9.09 Å². The molecule has 0 fully saturated rings. The molecule has 0 amide bonds. The molecule has 0 aliphatic carbocycles. The molecule has 0 spiro atoms. The van der Waals surface area contributed by atoms with Gasteiger partial charge in [-0.05, 0) is 25.3 Å². The molecule has 0 aliphatic heterocycles. The first-order chi connectivity index (χ1) is 3.06. The second-order valence-corrected chi connectivity index (χ2v) is 2.67. The largest absolute Gasteiger partial charge is 0.494 e. The molecule has 0 saturated heterocycles. The first kappa shape index (κ1) is 7.06. The third-order valence-corrected chi connectivity index (χ3v) is 1.04. The van der Waals surface area contributed by atoms with E-state index in [-0.39, 0.29) is 5.60 Å². The Labute approximate surface area is 45.2 Å². The zero-order valence-electron chi connectivity index (χ0n) is 4.82. The van der Waals surface area contributed by atoms with E-state index in [1.54, 1.807) is 0 Å². The molecule has 0 aliphatic rings. The van der Waals surface area contributed by atoms with Crippen molar-refractivity contribution in [3.8, 4) is 0 Å². The monoisotopic (exact) mass is 121 g/mol. The van der Waals surface area contributed by atoms with Crippen molar-refractivity contribution >= 4 is 8.69 Å². The lowest BCUT2D eigenvalue weighted by Gasteiger charge is -2.05. The van der Waals surface area contributed by atoms with Gasteiger partial charge in [-0.3, -0.25) is 0 Å². The molecule has 1 atom stereocenters. The van der Waals surface area contributed by atoms with Crippen LogP contribution in [0.5, 0.6) is 0 Å². The maximum Gasteiger partial charge on any atom is 0.494 e. The van der Waals surface area contributed by atoms with Gasteiger partial charge in [0.2, 0.25) is 0 Å². The zero-order chi connectivity index (χ0) is 5.91. The highest BCUT2D eigenvalue weighted by atomic mass is 31.1. The van der Waals surface area contributed by atoms with E-state index in [0.29, 0.717) is 0 Å². The fraction of sp³-hybridized carbons (Fsp3) is 1.00. The van der Waals surface area contributed by atoms with Crippen LogP contribution in [0.1, 0.15) is 20.8 Å². The number of hydrogen-bond acceptors (Lipinski definition) is 2. The molecule has 0 aromatic heterocycles. The third-order valence-electron chi connectivity index (χ3n) is 0.348.